The molecule has 0 atom stereocenters. The van der Waals surface area contributed by atoms with Crippen molar-refractivity contribution in [3.05, 3.63) is 216 Å². The molecule has 0 spiro atoms. The summed E-state index contributed by atoms with van der Waals surface area (Å²) < 4.78 is 58.4. The Kier molecular flexibility index (Phi) is 43.8. The number of benzene rings is 8. The summed E-state index contributed by atoms with van der Waals surface area (Å²) in [6.07, 6.45) is 38.6. The number of ether oxygens (including phenoxy) is 10. The maximum atomic E-state index is 13.6. The maximum Gasteiger partial charge on any atom is 0.343 e. The fourth-order valence-corrected chi connectivity index (χ4v) is 13.4. The Morgan fingerprint density at radius 1 is 0.209 bits per heavy atom. The summed E-state index contributed by atoms with van der Waals surface area (Å²) in [4.78, 5) is 66.7. The highest BCUT2D eigenvalue weighted by molar-refractivity contribution is 5.97. The van der Waals surface area contributed by atoms with E-state index >= 15 is 0 Å². The van der Waals surface area contributed by atoms with Gasteiger partial charge in [0.05, 0.1) is 74.1 Å². The van der Waals surface area contributed by atoms with Gasteiger partial charge in [-0.25, -0.2) is 24.0 Å². The van der Waals surface area contributed by atoms with Gasteiger partial charge in [-0.05, 0) is 213 Å². The van der Waals surface area contributed by atoms with Crippen molar-refractivity contribution in [2.45, 2.75) is 245 Å². The highest BCUT2D eigenvalue weighted by Crippen LogP contribution is 2.30. The van der Waals surface area contributed by atoms with Crippen LogP contribution >= 0.6 is 0 Å². The molecule has 0 amide bonds. The van der Waals surface area contributed by atoms with E-state index in [0.717, 1.165) is 188 Å². The highest BCUT2D eigenvalue weighted by atomic mass is 16.6. The first-order chi connectivity index (χ1) is 56.5. The van der Waals surface area contributed by atoms with E-state index in [0.29, 0.717) is 72.5 Å². The molecule has 0 heterocycles. The smallest absolute Gasteiger partial charge is 0.343 e. The number of hydrogen-bond acceptors (Lipinski definition) is 16. The molecule has 8 rings (SSSR count). The number of hydrogen-bond donors (Lipinski definition) is 1. The number of esters is 5. The molecule has 0 unspecified atom stereocenters. The van der Waals surface area contributed by atoms with Crippen molar-refractivity contribution in [2.24, 2.45) is 0 Å². The van der Waals surface area contributed by atoms with Crippen LogP contribution in [0.15, 0.2) is 188 Å². The highest BCUT2D eigenvalue weighted by Gasteiger charge is 2.20. The zero-order valence-corrected chi connectivity index (χ0v) is 68.6. The van der Waals surface area contributed by atoms with Crippen molar-refractivity contribution in [3.63, 3.8) is 0 Å². The predicted octanol–water partition coefficient (Wildman–Crippen LogP) is 25.4. The molecule has 8 aromatic rings. The Balaban J connectivity index is 0.675. The van der Waals surface area contributed by atoms with Gasteiger partial charge in [-0.15, -0.1) is 0 Å². The summed E-state index contributed by atoms with van der Waals surface area (Å²) in [5.74, 6) is 1.93. The topological polar surface area (TPSA) is 198 Å². The van der Waals surface area contributed by atoms with Crippen LogP contribution in [0.25, 0.3) is 22.3 Å². The SMILES string of the molecule is CCCCCCCCOc1ccc(-c2ccc(OC(=O)c3ccc(OCCCCCCCCCCOC(=O)c4cc(OC(=O)c5ccc(OCCCCCCCCCCO)cc5)cc(C(=O)OCCCCCCCCCCOc5ccc(C(=O)Oc6ccc(-c7ccc(OCCCCCCCC)cc7)cc6)cc5)c4)cc3)cc2)cc1. The number of carbonyl (C=O) groups is 5. The molecule has 1 N–H and O–H groups in total. The van der Waals surface area contributed by atoms with Gasteiger partial charge >= 0.3 is 29.8 Å². The van der Waals surface area contributed by atoms with Crippen molar-refractivity contribution < 1.29 is 76.4 Å². The molecule has 618 valence electrons. The first-order valence-electron chi connectivity index (χ1n) is 43.2. The van der Waals surface area contributed by atoms with Gasteiger partial charge in [0.25, 0.3) is 0 Å². The number of rotatable bonds is 61. The van der Waals surface area contributed by atoms with E-state index < -0.39 is 29.8 Å². The lowest BCUT2D eigenvalue weighted by atomic mass is 10.1. The molecule has 16 nitrogen and oxygen atoms in total. The minimum atomic E-state index is -0.661. The number of unbranched alkanes of at least 4 members (excludes halogenated alkanes) is 31. The molecule has 115 heavy (non-hydrogen) atoms. The zero-order chi connectivity index (χ0) is 80.8. The van der Waals surface area contributed by atoms with Crippen LogP contribution in [0.2, 0.25) is 0 Å². The van der Waals surface area contributed by atoms with Gasteiger partial charge in [0.1, 0.15) is 46.0 Å². The van der Waals surface area contributed by atoms with E-state index in [-0.39, 0.29) is 42.3 Å². The van der Waals surface area contributed by atoms with Gasteiger partial charge in [-0.1, -0.05) is 242 Å². The molecule has 0 aliphatic rings. The van der Waals surface area contributed by atoms with E-state index in [1.807, 2.05) is 72.8 Å². The standard InChI is InChI=1S/C99H126O16/c1-3-5-7-9-24-32-68-106-87-53-39-78(40-54-87)80-43-63-92(64-44-80)113-97(103)82-47-57-89(58-48-82)108-71-35-27-19-13-15-21-29-37-73-111-95(101)85-75-86(77-94(76-85)115-99(105)84-51-61-91(62-52-84)110-70-34-26-18-12-11-17-23-31-67-100)96(102)112-74-38-30-22-16-14-20-28-36-72-109-90-59-49-83(50-60-90)98(104)114-93-65-45-81(46-66-93)79-41-55-88(56-42-79)107-69-33-25-10-8-6-4-2/h39-66,75-77,100H,3-38,67-74H2,1-2H3. The van der Waals surface area contributed by atoms with E-state index in [1.54, 1.807) is 97.1 Å². The fraction of sp³-hybridized carbons (Fsp3) is 0.465. The van der Waals surface area contributed by atoms with Crippen LogP contribution in [0.3, 0.4) is 0 Å². The second kappa shape index (κ2) is 55.6. The van der Waals surface area contributed by atoms with E-state index in [4.69, 9.17) is 52.5 Å². The summed E-state index contributed by atoms with van der Waals surface area (Å²) in [6, 6.07) is 56.2. The maximum absolute atomic E-state index is 13.6. The molecule has 0 saturated heterocycles. The molecule has 16 heteroatoms. The molecule has 0 saturated carbocycles. The van der Waals surface area contributed by atoms with Gasteiger partial charge in [0.2, 0.25) is 0 Å². The van der Waals surface area contributed by atoms with E-state index in [1.165, 1.54) is 95.2 Å². The average Bonchev–Trinajstić information content (AvgIpc) is 0.834. The van der Waals surface area contributed by atoms with Crippen LogP contribution in [0, 0.1) is 0 Å². The lowest BCUT2D eigenvalue weighted by molar-refractivity contribution is 0.0491. The van der Waals surface area contributed by atoms with Crippen LogP contribution in [0.4, 0.5) is 0 Å². The van der Waals surface area contributed by atoms with Crippen molar-refractivity contribution in [1.29, 1.82) is 0 Å². The van der Waals surface area contributed by atoms with Crippen molar-refractivity contribution in [2.75, 3.05) is 52.9 Å². The number of aliphatic hydroxyl groups is 1. The van der Waals surface area contributed by atoms with Crippen LogP contribution in [-0.2, 0) is 9.47 Å². The summed E-state index contributed by atoms with van der Waals surface area (Å²) in [7, 11) is 0. The molecular weight excluding hydrogens is 1450 g/mol. The Hall–Kier alpha value is -9.93. The molecule has 0 radical (unpaired) electrons. The quantitative estimate of drug-likeness (QED) is 0.0214. The Morgan fingerprint density at radius 3 is 0.670 bits per heavy atom. The third-order valence-electron chi connectivity index (χ3n) is 20.3. The Bertz CT molecular complexity index is 3770. The van der Waals surface area contributed by atoms with Crippen molar-refractivity contribution in [3.8, 4) is 68.2 Å². The summed E-state index contributed by atoms with van der Waals surface area (Å²) in [5, 5.41) is 8.99. The molecule has 0 bridgehead atoms. The second-order valence-corrected chi connectivity index (χ2v) is 29.8. The first kappa shape index (κ1) is 90.6. The Labute approximate surface area is 684 Å². The zero-order valence-electron chi connectivity index (χ0n) is 68.6. The molecule has 0 aliphatic heterocycles. The molecule has 0 aromatic heterocycles. The average molecular weight is 1570 g/mol. The first-order valence-corrected chi connectivity index (χ1v) is 43.2. The monoisotopic (exact) mass is 1570 g/mol. The van der Waals surface area contributed by atoms with Gasteiger partial charge in [-0.3, -0.25) is 0 Å². The molecule has 8 aromatic carbocycles. The van der Waals surface area contributed by atoms with E-state index in [2.05, 4.69) is 13.8 Å². The van der Waals surface area contributed by atoms with Gasteiger partial charge < -0.3 is 52.5 Å². The van der Waals surface area contributed by atoms with Crippen molar-refractivity contribution >= 4 is 29.8 Å². The molecule has 0 aliphatic carbocycles. The lowest BCUT2D eigenvalue weighted by Gasteiger charge is -2.11. The largest absolute Gasteiger partial charge is 0.494 e. The summed E-state index contributed by atoms with van der Waals surface area (Å²) in [6.45, 7) is 8.28. The third-order valence-corrected chi connectivity index (χ3v) is 20.3. The van der Waals surface area contributed by atoms with Gasteiger partial charge in [0.15, 0.2) is 0 Å². The lowest BCUT2D eigenvalue weighted by Crippen LogP contribution is -2.13. The van der Waals surface area contributed by atoms with Crippen LogP contribution in [-0.4, -0.2) is 87.8 Å². The normalized spacial score (nSPS) is 11.1. The molecule has 0 fully saturated rings. The summed E-state index contributed by atoms with van der Waals surface area (Å²) >= 11 is 0. The minimum Gasteiger partial charge on any atom is -0.494 e. The van der Waals surface area contributed by atoms with E-state index in [9.17, 15) is 24.0 Å². The predicted molar refractivity (Wildman–Crippen MR) is 457 cm³/mol. The second-order valence-electron chi connectivity index (χ2n) is 29.8. The van der Waals surface area contributed by atoms with Crippen molar-refractivity contribution in [1.82, 2.24) is 0 Å². The van der Waals surface area contributed by atoms with Gasteiger partial charge in [-0.2, -0.15) is 0 Å². The Morgan fingerprint density at radius 2 is 0.417 bits per heavy atom. The number of carbonyl (C=O) groups excluding carboxylic acids is 5. The van der Waals surface area contributed by atoms with Crippen LogP contribution < -0.4 is 37.9 Å². The van der Waals surface area contributed by atoms with Crippen LogP contribution in [0.1, 0.15) is 297 Å². The number of aliphatic hydroxyl groups excluding tert-OH is 1. The van der Waals surface area contributed by atoms with Crippen LogP contribution in [0.5, 0.6) is 46.0 Å². The minimum absolute atomic E-state index is 0.0160. The molecular formula is C99H126O16. The van der Waals surface area contributed by atoms with Gasteiger partial charge in [0, 0.05) is 6.61 Å². The summed E-state index contributed by atoms with van der Waals surface area (Å²) in [5.41, 5.74) is 5.45. The third kappa shape index (κ3) is 36.6. The fourth-order valence-electron chi connectivity index (χ4n) is 13.4.